The third-order valence-corrected chi connectivity index (χ3v) is 4.10. The molecule has 0 aliphatic heterocycles. The highest BCUT2D eigenvalue weighted by molar-refractivity contribution is 7.48. The minimum absolute atomic E-state index is 0.106. The molecule has 0 spiro atoms. The summed E-state index contributed by atoms with van der Waals surface area (Å²) < 4.78 is 45.5. The van der Waals surface area contributed by atoms with Gasteiger partial charge in [0.2, 0.25) is 0 Å². The molecule has 0 unspecified atom stereocenters. The van der Waals surface area contributed by atoms with E-state index in [1.165, 1.54) is 0 Å². The topological polar surface area (TPSA) is 72.5 Å². The fourth-order valence-corrected chi connectivity index (χ4v) is 2.72. The highest BCUT2D eigenvalue weighted by Crippen LogP contribution is 2.49. The van der Waals surface area contributed by atoms with Gasteiger partial charge in [-0.15, -0.1) is 0 Å². The Morgan fingerprint density at radius 2 is 0.731 bits per heavy atom. The molecule has 0 aromatic heterocycles. The van der Waals surface area contributed by atoms with Gasteiger partial charge in [0.1, 0.15) is 0 Å². The molecule has 0 fully saturated rings. The van der Waals surface area contributed by atoms with Crippen molar-refractivity contribution < 1.29 is 32.3 Å². The van der Waals surface area contributed by atoms with Crippen molar-refractivity contribution in [2.75, 3.05) is 39.6 Å². The second kappa shape index (κ2) is 11.1. The molecule has 0 radical (unpaired) electrons. The Morgan fingerprint density at radius 3 is 0.923 bits per heavy atom. The Morgan fingerprint density at radius 1 is 0.500 bits per heavy atom. The van der Waals surface area contributed by atoms with Gasteiger partial charge in [-0.25, -0.2) is 4.57 Å². The monoisotopic (exact) mass is 398 g/mol. The molecule has 0 saturated carbocycles. The zero-order valence-electron chi connectivity index (χ0n) is 18.0. The Kier molecular flexibility index (Phi) is 11.1. The SMILES string of the molecule is CC(C)(C)OCCOP(=O)(OCCOC(C)(C)C)OCCOC(C)(C)C. The van der Waals surface area contributed by atoms with Gasteiger partial charge < -0.3 is 14.2 Å². The number of hydrogen-bond donors (Lipinski definition) is 0. The van der Waals surface area contributed by atoms with E-state index >= 15 is 0 Å². The van der Waals surface area contributed by atoms with Crippen LogP contribution in [0.1, 0.15) is 62.3 Å². The normalized spacial score (nSPS) is 14.0. The fourth-order valence-electron chi connectivity index (χ4n) is 1.60. The van der Waals surface area contributed by atoms with E-state index in [1.54, 1.807) is 0 Å². The second-order valence-corrected chi connectivity index (χ2v) is 10.5. The van der Waals surface area contributed by atoms with Crippen LogP contribution in [0.3, 0.4) is 0 Å². The van der Waals surface area contributed by atoms with Gasteiger partial charge in [0.25, 0.3) is 0 Å². The number of phosphoric ester groups is 1. The molecule has 0 heterocycles. The van der Waals surface area contributed by atoms with E-state index in [0.717, 1.165) is 0 Å². The first-order valence-corrected chi connectivity index (χ1v) is 10.5. The van der Waals surface area contributed by atoms with E-state index in [2.05, 4.69) is 0 Å². The van der Waals surface area contributed by atoms with Crippen molar-refractivity contribution in [3.63, 3.8) is 0 Å². The van der Waals surface area contributed by atoms with E-state index in [9.17, 15) is 4.57 Å². The molecule has 8 heteroatoms. The summed E-state index contributed by atoms with van der Waals surface area (Å²) in [6.07, 6.45) is 0. The van der Waals surface area contributed by atoms with Gasteiger partial charge in [-0.1, -0.05) is 0 Å². The number of phosphoric acid groups is 1. The molecule has 0 aromatic rings. The average molecular weight is 398 g/mol. The van der Waals surface area contributed by atoms with Crippen LogP contribution in [-0.4, -0.2) is 56.4 Å². The van der Waals surface area contributed by atoms with Crippen molar-refractivity contribution >= 4 is 7.82 Å². The van der Waals surface area contributed by atoms with Crippen LogP contribution in [0.4, 0.5) is 0 Å². The third kappa shape index (κ3) is 17.4. The van der Waals surface area contributed by atoms with Crippen LogP contribution in [0.5, 0.6) is 0 Å². The molecular weight excluding hydrogens is 359 g/mol. The number of rotatable bonds is 12. The maximum atomic E-state index is 12.8. The van der Waals surface area contributed by atoms with Gasteiger partial charge in [0.15, 0.2) is 0 Å². The first-order valence-electron chi connectivity index (χ1n) is 9.07. The van der Waals surface area contributed by atoms with Crippen LogP contribution in [0.25, 0.3) is 0 Å². The third-order valence-electron chi connectivity index (χ3n) is 2.60. The molecule has 158 valence electrons. The van der Waals surface area contributed by atoms with Gasteiger partial charge >= 0.3 is 7.82 Å². The van der Waals surface area contributed by atoms with Gasteiger partial charge in [0, 0.05) is 0 Å². The number of hydrogen-bond acceptors (Lipinski definition) is 7. The lowest BCUT2D eigenvalue weighted by Crippen LogP contribution is -2.23. The van der Waals surface area contributed by atoms with Crippen molar-refractivity contribution in [2.24, 2.45) is 0 Å². The predicted molar refractivity (Wildman–Crippen MR) is 103 cm³/mol. The molecule has 0 aliphatic carbocycles. The van der Waals surface area contributed by atoms with Gasteiger partial charge in [0.05, 0.1) is 56.4 Å². The van der Waals surface area contributed by atoms with Crippen molar-refractivity contribution in [2.45, 2.75) is 79.1 Å². The van der Waals surface area contributed by atoms with Crippen LogP contribution < -0.4 is 0 Å². The van der Waals surface area contributed by atoms with Gasteiger partial charge in [-0.05, 0) is 62.3 Å². The van der Waals surface area contributed by atoms with Crippen molar-refractivity contribution in [1.29, 1.82) is 0 Å². The lowest BCUT2D eigenvalue weighted by molar-refractivity contribution is -0.0413. The highest BCUT2D eigenvalue weighted by Gasteiger charge is 2.27. The molecule has 0 aromatic carbocycles. The predicted octanol–water partition coefficient (Wildman–Crippen LogP) is 4.59. The molecule has 0 bridgehead atoms. The van der Waals surface area contributed by atoms with Crippen LogP contribution in [0.15, 0.2) is 0 Å². The first kappa shape index (κ1) is 26.0. The van der Waals surface area contributed by atoms with E-state index in [-0.39, 0.29) is 56.4 Å². The van der Waals surface area contributed by atoms with Crippen molar-refractivity contribution in [1.82, 2.24) is 0 Å². The number of ether oxygens (including phenoxy) is 3. The lowest BCUT2D eigenvalue weighted by atomic mass is 10.2. The van der Waals surface area contributed by atoms with Crippen LogP contribution in [0, 0.1) is 0 Å². The smallest absolute Gasteiger partial charge is 0.373 e. The Labute approximate surface area is 159 Å². The van der Waals surface area contributed by atoms with E-state index in [0.29, 0.717) is 0 Å². The Hall–Kier alpha value is -0.0100. The van der Waals surface area contributed by atoms with Crippen molar-refractivity contribution in [3.8, 4) is 0 Å². The standard InChI is InChI=1S/C18H39O7P/c1-16(2,3)20-10-13-23-26(19,24-14-11-21-17(4,5)6)25-15-12-22-18(7,8)9/h10-15H2,1-9H3. The summed E-state index contributed by atoms with van der Waals surface area (Å²) in [6, 6.07) is 0. The molecular formula is C18H39O7P. The maximum absolute atomic E-state index is 12.8. The minimum atomic E-state index is -3.71. The van der Waals surface area contributed by atoms with Crippen molar-refractivity contribution in [3.05, 3.63) is 0 Å². The van der Waals surface area contributed by atoms with Crippen LogP contribution >= 0.6 is 7.82 Å². The fraction of sp³-hybridized carbons (Fsp3) is 1.00. The summed E-state index contributed by atoms with van der Waals surface area (Å²) in [7, 11) is -3.71. The molecule has 0 saturated heterocycles. The zero-order valence-corrected chi connectivity index (χ0v) is 18.9. The molecule has 0 rings (SSSR count). The second-order valence-electron chi connectivity index (χ2n) is 8.83. The highest BCUT2D eigenvalue weighted by atomic mass is 31.2. The lowest BCUT2D eigenvalue weighted by Gasteiger charge is -2.24. The minimum Gasteiger partial charge on any atom is -0.373 e. The van der Waals surface area contributed by atoms with E-state index < -0.39 is 7.82 Å². The molecule has 7 nitrogen and oxygen atoms in total. The molecule has 0 aliphatic rings. The van der Waals surface area contributed by atoms with E-state index in [1.807, 2.05) is 62.3 Å². The summed E-state index contributed by atoms with van der Waals surface area (Å²) in [5, 5.41) is 0. The molecule has 0 atom stereocenters. The molecule has 0 N–H and O–H groups in total. The molecule has 26 heavy (non-hydrogen) atoms. The molecule has 0 amide bonds. The van der Waals surface area contributed by atoms with Gasteiger partial charge in [-0.3, -0.25) is 13.6 Å². The maximum Gasteiger partial charge on any atom is 0.475 e. The summed E-state index contributed by atoms with van der Waals surface area (Å²) in [5.41, 5.74) is -0.886. The zero-order chi connectivity index (χ0) is 20.5. The summed E-state index contributed by atoms with van der Waals surface area (Å²) in [6.45, 7) is 18.6. The quantitative estimate of drug-likeness (QED) is 0.352. The Bertz CT molecular complexity index is 357. The average Bonchev–Trinajstić information content (AvgIpc) is 2.42. The van der Waals surface area contributed by atoms with Gasteiger partial charge in [-0.2, -0.15) is 0 Å². The summed E-state index contributed by atoms with van der Waals surface area (Å²) >= 11 is 0. The Balaban J connectivity index is 4.42. The van der Waals surface area contributed by atoms with Crippen LogP contribution in [0.2, 0.25) is 0 Å². The largest absolute Gasteiger partial charge is 0.475 e. The summed E-state index contributed by atoms with van der Waals surface area (Å²) in [4.78, 5) is 0. The van der Waals surface area contributed by atoms with E-state index in [4.69, 9.17) is 27.8 Å². The van der Waals surface area contributed by atoms with Crippen LogP contribution in [-0.2, 0) is 32.3 Å². The first-order chi connectivity index (χ1) is 11.6. The summed E-state index contributed by atoms with van der Waals surface area (Å²) in [5.74, 6) is 0.